The van der Waals surface area contributed by atoms with Crippen molar-refractivity contribution in [2.24, 2.45) is 5.10 Å². The molecule has 0 saturated carbocycles. The number of rotatable bonds is 8. The predicted molar refractivity (Wildman–Crippen MR) is 112 cm³/mol. The van der Waals surface area contributed by atoms with Crippen LogP contribution in [0.25, 0.3) is 0 Å². The lowest BCUT2D eigenvalue weighted by Crippen LogP contribution is -2.43. The smallest absolute Gasteiger partial charge is 0.271 e. The Hall–Kier alpha value is -3.46. The summed E-state index contributed by atoms with van der Waals surface area (Å²) in [6, 6.07) is 10.3. The summed E-state index contributed by atoms with van der Waals surface area (Å²) in [5.74, 6) is -0.0812. The fraction of sp³-hybridized carbons (Fsp3) is 0.318. The normalized spacial score (nSPS) is 13.8. The standard InChI is InChI=1S/C22H24FN3O5/c1-2-30-20-13-16(14-24-25-22(28)17-4-6-18(23)7-5-17)3-8-19(20)31-15-21(27)26-9-11-29-12-10-26/h3-8,13-14H,2,9-12,15H2,1H3,(H,25,28)/b24-14-. The molecule has 164 valence electrons. The molecule has 8 nitrogen and oxygen atoms in total. The van der Waals surface area contributed by atoms with Crippen LogP contribution in [0.5, 0.6) is 11.5 Å². The lowest BCUT2D eigenvalue weighted by Gasteiger charge is -2.26. The Morgan fingerprint density at radius 2 is 1.87 bits per heavy atom. The average molecular weight is 429 g/mol. The van der Waals surface area contributed by atoms with Gasteiger partial charge in [0.25, 0.3) is 11.8 Å². The Morgan fingerprint density at radius 3 is 2.58 bits per heavy atom. The molecule has 0 radical (unpaired) electrons. The quantitative estimate of drug-likeness (QED) is 0.514. The molecule has 0 aliphatic carbocycles. The van der Waals surface area contributed by atoms with Gasteiger partial charge in [0.2, 0.25) is 0 Å². The first-order valence-corrected chi connectivity index (χ1v) is 9.91. The van der Waals surface area contributed by atoms with Crippen LogP contribution in [0.2, 0.25) is 0 Å². The number of carbonyl (C=O) groups excluding carboxylic acids is 2. The molecular formula is C22H24FN3O5. The van der Waals surface area contributed by atoms with Crippen LogP contribution < -0.4 is 14.9 Å². The Labute approximate surface area is 179 Å². The second-order valence-corrected chi connectivity index (χ2v) is 6.63. The Balaban J connectivity index is 1.59. The van der Waals surface area contributed by atoms with Crippen LogP contribution in [0, 0.1) is 5.82 Å². The van der Waals surface area contributed by atoms with Gasteiger partial charge in [-0.25, -0.2) is 9.82 Å². The highest BCUT2D eigenvalue weighted by Gasteiger charge is 2.18. The zero-order valence-corrected chi connectivity index (χ0v) is 17.2. The molecule has 2 aromatic carbocycles. The van der Waals surface area contributed by atoms with Crippen molar-refractivity contribution in [1.29, 1.82) is 0 Å². The van der Waals surface area contributed by atoms with Crippen LogP contribution in [0.3, 0.4) is 0 Å². The third-order valence-electron chi connectivity index (χ3n) is 4.47. The largest absolute Gasteiger partial charge is 0.490 e. The lowest BCUT2D eigenvalue weighted by atomic mass is 10.2. The monoisotopic (exact) mass is 429 g/mol. The molecular weight excluding hydrogens is 405 g/mol. The molecule has 1 fully saturated rings. The minimum atomic E-state index is -0.456. The van der Waals surface area contributed by atoms with E-state index in [1.165, 1.54) is 30.5 Å². The molecule has 9 heteroatoms. The predicted octanol–water partition coefficient (Wildman–Crippen LogP) is 2.23. The molecule has 3 rings (SSSR count). The zero-order valence-electron chi connectivity index (χ0n) is 17.2. The van der Waals surface area contributed by atoms with E-state index in [9.17, 15) is 14.0 Å². The van der Waals surface area contributed by atoms with Crippen molar-refractivity contribution >= 4 is 18.0 Å². The molecule has 0 spiro atoms. The third kappa shape index (κ3) is 6.51. The first kappa shape index (κ1) is 22.2. The van der Waals surface area contributed by atoms with Crippen LogP contribution >= 0.6 is 0 Å². The van der Waals surface area contributed by atoms with Crippen LogP contribution in [0.4, 0.5) is 4.39 Å². The van der Waals surface area contributed by atoms with E-state index < -0.39 is 11.7 Å². The first-order chi connectivity index (χ1) is 15.1. The molecule has 1 N–H and O–H groups in total. The molecule has 0 unspecified atom stereocenters. The van der Waals surface area contributed by atoms with Gasteiger partial charge in [0.05, 0.1) is 26.0 Å². The van der Waals surface area contributed by atoms with Crippen molar-refractivity contribution in [3.8, 4) is 11.5 Å². The van der Waals surface area contributed by atoms with E-state index in [2.05, 4.69) is 10.5 Å². The van der Waals surface area contributed by atoms with E-state index in [-0.39, 0.29) is 12.5 Å². The number of hydrazone groups is 1. The summed E-state index contributed by atoms with van der Waals surface area (Å²) in [4.78, 5) is 26.0. The lowest BCUT2D eigenvalue weighted by molar-refractivity contribution is -0.137. The number of nitrogens with zero attached hydrogens (tertiary/aromatic N) is 2. The fourth-order valence-electron chi connectivity index (χ4n) is 2.87. The number of ether oxygens (including phenoxy) is 3. The number of hydrogen-bond acceptors (Lipinski definition) is 6. The maximum absolute atomic E-state index is 12.9. The van der Waals surface area contributed by atoms with E-state index in [1.807, 2.05) is 6.92 Å². The number of morpholine rings is 1. The minimum Gasteiger partial charge on any atom is -0.490 e. The SMILES string of the molecule is CCOc1cc(/C=N\NC(=O)c2ccc(F)cc2)ccc1OCC(=O)N1CCOCC1. The molecule has 1 heterocycles. The summed E-state index contributed by atoms with van der Waals surface area (Å²) in [6.45, 7) is 4.33. The number of benzene rings is 2. The van der Waals surface area contributed by atoms with Gasteiger partial charge in [-0.2, -0.15) is 5.10 Å². The number of halogens is 1. The zero-order chi connectivity index (χ0) is 22.1. The van der Waals surface area contributed by atoms with Gasteiger partial charge in [0.1, 0.15) is 5.82 Å². The highest BCUT2D eigenvalue weighted by atomic mass is 19.1. The summed E-state index contributed by atoms with van der Waals surface area (Å²) in [5.41, 5.74) is 3.34. The van der Waals surface area contributed by atoms with Gasteiger partial charge in [0, 0.05) is 18.7 Å². The number of hydrogen-bond donors (Lipinski definition) is 1. The van der Waals surface area contributed by atoms with Gasteiger partial charge in [0.15, 0.2) is 18.1 Å². The van der Waals surface area contributed by atoms with Gasteiger partial charge in [-0.05, 0) is 55.0 Å². The Kier molecular flexibility index (Phi) is 7.94. The van der Waals surface area contributed by atoms with E-state index >= 15 is 0 Å². The van der Waals surface area contributed by atoms with Gasteiger partial charge in [-0.3, -0.25) is 9.59 Å². The fourth-order valence-corrected chi connectivity index (χ4v) is 2.87. The summed E-state index contributed by atoms with van der Waals surface area (Å²) in [7, 11) is 0. The van der Waals surface area contributed by atoms with Crippen molar-refractivity contribution < 1.29 is 28.2 Å². The molecule has 1 aliphatic rings. The Morgan fingerprint density at radius 1 is 1.13 bits per heavy atom. The molecule has 31 heavy (non-hydrogen) atoms. The van der Waals surface area contributed by atoms with Crippen molar-refractivity contribution in [2.75, 3.05) is 39.5 Å². The summed E-state index contributed by atoms with van der Waals surface area (Å²) in [6.07, 6.45) is 1.45. The van der Waals surface area contributed by atoms with Crippen LogP contribution in [-0.4, -0.2) is 62.4 Å². The number of carbonyl (C=O) groups is 2. The van der Waals surface area contributed by atoms with E-state index in [1.54, 1.807) is 23.1 Å². The third-order valence-corrected chi connectivity index (χ3v) is 4.47. The van der Waals surface area contributed by atoms with E-state index in [0.29, 0.717) is 55.5 Å². The highest BCUT2D eigenvalue weighted by Crippen LogP contribution is 2.28. The van der Waals surface area contributed by atoms with Gasteiger partial charge >= 0.3 is 0 Å². The second kappa shape index (κ2) is 11.1. The maximum atomic E-state index is 12.9. The van der Waals surface area contributed by atoms with Crippen LogP contribution in [0.1, 0.15) is 22.8 Å². The first-order valence-electron chi connectivity index (χ1n) is 9.91. The molecule has 2 aromatic rings. The molecule has 0 bridgehead atoms. The topological polar surface area (TPSA) is 89.5 Å². The van der Waals surface area contributed by atoms with E-state index in [0.717, 1.165) is 0 Å². The summed E-state index contributed by atoms with van der Waals surface area (Å²) in [5, 5.41) is 3.92. The number of amides is 2. The summed E-state index contributed by atoms with van der Waals surface area (Å²) >= 11 is 0. The molecule has 0 aromatic heterocycles. The van der Waals surface area contributed by atoms with Crippen LogP contribution in [-0.2, 0) is 9.53 Å². The highest BCUT2D eigenvalue weighted by molar-refractivity contribution is 5.94. The molecule has 2 amide bonds. The molecule has 1 aliphatic heterocycles. The van der Waals surface area contributed by atoms with Crippen molar-refractivity contribution in [1.82, 2.24) is 10.3 Å². The maximum Gasteiger partial charge on any atom is 0.271 e. The van der Waals surface area contributed by atoms with Crippen LogP contribution in [0.15, 0.2) is 47.6 Å². The average Bonchev–Trinajstić information content (AvgIpc) is 2.79. The Bertz CT molecular complexity index is 927. The van der Waals surface area contributed by atoms with Crippen molar-refractivity contribution in [3.63, 3.8) is 0 Å². The van der Waals surface area contributed by atoms with Crippen molar-refractivity contribution in [3.05, 3.63) is 59.4 Å². The molecule has 0 atom stereocenters. The summed E-state index contributed by atoms with van der Waals surface area (Å²) < 4.78 is 29.5. The number of nitrogens with one attached hydrogen (secondary N) is 1. The second-order valence-electron chi connectivity index (χ2n) is 6.63. The minimum absolute atomic E-state index is 0.0960. The molecule has 1 saturated heterocycles. The van der Waals surface area contributed by atoms with Gasteiger partial charge < -0.3 is 19.1 Å². The van der Waals surface area contributed by atoms with Gasteiger partial charge in [-0.15, -0.1) is 0 Å². The van der Waals surface area contributed by atoms with Crippen molar-refractivity contribution in [2.45, 2.75) is 6.92 Å². The van der Waals surface area contributed by atoms with Gasteiger partial charge in [-0.1, -0.05) is 0 Å². The van der Waals surface area contributed by atoms with E-state index in [4.69, 9.17) is 14.2 Å².